The number of ether oxygens (including phenoxy) is 2. The lowest BCUT2D eigenvalue weighted by molar-refractivity contribution is -0.135. The lowest BCUT2D eigenvalue weighted by Crippen LogP contribution is -2.58. The van der Waals surface area contributed by atoms with E-state index in [0.29, 0.717) is 60.6 Å². The molecule has 1 aliphatic carbocycles. The van der Waals surface area contributed by atoms with Gasteiger partial charge in [0.25, 0.3) is 11.5 Å². The molecule has 59 heavy (non-hydrogen) atoms. The molecule has 0 spiro atoms. The van der Waals surface area contributed by atoms with Gasteiger partial charge in [0.1, 0.15) is 17.5 Å². The number of alkyl halides is 2. The van der Waals surface area contributed by atoms with E-state index in [-0.39, 0.29) is 36.5 Å². The van der Waals surface area contributed by atoms with Gasteiger partial charge in [-0.2, -0.15) is 0 Å². The van der Waals surface area contributed by atoms with Crippen LogP contribution >= 0.6 is 0 Å². The third kappa shape index (κ3) is 6.66. The van der Waals surface area contributed by atoms with Crippen molar-refractivity contribution in [3.8, 4) is 33.8 Å². The van der Waals surface area contributed by atoms with E-state index in [4.69, 9.17) is 9.47 Å². The van der Waals surface area contributed by atoms with Gasteiger partial charge in [-0.15, -0.1) is 0 Å². The summed E-state index contributed by atoms with van der Waals surface area (Å²) in [5, 5.41) is 2.36. The van der Waals surface area contributed by atoms with Crippen LogP contribution in [0.1, 0.15) is 59.5 Å². The molecule has 0 unspecified atom stereocenters. The van der Waals surface area contributed by atoms with Crippen LogP contribution in [0.5, 0.6) is 11.5 Å². The number of pyridine rings is 1. The fourth-order valence-electron chi connectivity index (χ4n) is 10.1. The number of imidazole rings is 1. The van der Waals surface area contributed by atoms with Gasteiger partial charge in [-0.3, -0.25) is 38.6 Å². The molecule has 2 amide bonds. The Labute approximate surface area is 339 Å². The molecule has 14 heteroatoms. The van der Waals surface area contributed by atoms with Crippen molar-refractivity contribution in [2.75, 3.05) is 33.9 Å². The smallest absolute Gasteiger partial charge is 0.329 e. The highest BCUT2D eigenvalue weighted by molar-refractivity contribution is 6.01. The van der Waals surface area contributed by atoms with Crippen molar-refractivity contribution in [1.29, 1.82) is 0 Å². The molecule has 0 radical (unpaired) electrons. The van der Waals surface area contributed by atoms with E-state index in [2.05, 4.69) is 11.4 Å². The summed E-state index contributed by atoms with van der Waals surface area (Å²) in [6.07, 6.45) is 5.68. The van der Waals surface area contributed by atoms with E-state index in [1.165, 1.54) is 4.57 Å². The molecule has 2 atom stereocenters. The van der Waals surface area contributed by atoms with Gasteiger partial charge in [-0.25, -0.2) is 13.6 Å². The third-order valence-electron chi connectivity index (χ3n) is 13.0. The Hall–Kier alpha value is -5.60. The number of halogens is 2. The molecule has 2 fully saturated rings. The largest absolute Gasteiger partial charge is 0.496 e. The molecular weight excluding hydrogens is 759 g/mol. The second kappa shape index (κ2) is 14.9. The zero-order valence-electron chi connectivity index (χ0n) is 33.8. The van der Waals surface area contributed by atoms with Crippen LogP contribution in [0.15, 0.2) is 64.3 Å². The number of methoxy groups -OCH3 is 2. The number of piperidine rings is 2. The van der Waals surface area contributed by atoms with E-state index in [1.54, 1.807) is 42.3 Å². The minimum Gasteiger partial charge on any atom is -0.496 e. The highest BCUT2D eigenvalue weighted by Gasteiger charge is 2.48. The van der Waals surface area contributed by atoms with Crippen LogP contribution in [0.25, 0.3) is 33.3 Å². The van der Waals surface area contributed by atoms with Gasteiger partial charge in [0, 0.05) is 69.6 Å². The summed E-state index contributed by atoms with van der Waals surface area (Å²) in [6, 6.07) is 13.8. The molecule has 3 aromatic carbocycles. The number of nitrogens with one attached hydrogen (secondary N) is 1. The van der Waals surface area contributed by atoms with Crippen LogP contribution in [0, 0.1) is 0 Å². The molecule has 0 bridgehead atoms. The topological polar surface area (TPSA) is 120 Å². The second-order valence-electron chi connectivity index (χ2n) is 16.5. The number of aromatic nitrogens is 3. The maximum absolute atomic E-state index is 16.3. The summed E-state index contributed by atoms with van der Waals surface area (Å²) < 4.78 is 48.9. The number of rotatable bonds is 8. The molecule has 2 saturated heterocycles. The molecule has 9 rings (SSSR count). The van der Waals surface area contributed by atoms with Crippen LogP contribution in [-0.2, 0) is 56.0 Å². The summed E-state index contributed by atoms with van der Waals surface area (Å²) in [7, 11) is 6.60. The Morgan fingerprint density at radius 3 is 2.32 bits per heavy atom. The van der Waals surface area contributed by atoms with E-state index in [0.717, 1.165) is 63.8 Å². The number of para-hydroxylation sites is 1. The predicted octanol–water partition coefficient (Wildman–Crippen LogP) is 5.12. The Kier molecular flexibility index (Phi) is 9.82. The van der Waals surface area contributed by atoms with Gasteiger partial charge in [-0.05, 0) is 84.5 Å². The number of fused-ring (bicyclic) bond motifs is 3. The second-order valence-corrected chi connectivity index (χ2v) is 16.5. The van der Waals surface area contributed by atoms with Crippen molar-refractivity contribution in [3.05, 3.63) is 103 Å². The average molecular weight is 807 g/mol. The number of hydrogen-bond acceptors (Lipinski definition) is 8. The number of hydrogen-bond donors (Lipinski definition) is 1. The van der Waals surface area contributed by atoms with Gasteiger partial charge >= 0.3 is 5.69 Å². The summed E-state index contributed by atoms with van der Waals surface area (Å²) >= 11 is 0. The third-order valence-corrected chi connectivity index (χ3v) is 13.0. The molecule has 5 heterocycles. The highest BCUT2D eigenvalue weighted by Crippen LogP contribution is 2.41. The molecular formula is C45H48F2N6O6. The standard InChI is InChI=1S/C45H48F2N6O6/c1-49-23-33(31-8-5-9-32(31)43(49)56)29-20-37(58-3)34(38(21-29)59-4)24-51-17-16-39(45(46,47)25-51)52-18-15-26-19-27(11-12-28(26)22-52)30-7-6-10-35-41(30)50(2)44(57)53(35)36-13-14-40(54)48-42(36)55/h6-7,10-12,19-21,23,36,39H,5,8-9,13-18,22,24-25H2,1-4H3,(H,48,54,55)/t36-,39+/m0/s1. The molecule has 308 valence electrons. The van der Waals surface area contributed by atoms with Crippen LogP contribution in [0.4, 0.5) is 8.78 Å². The van der Waals surface area contributed by atoms with Gasteiger partial charge in [0.05, 0.1) is 43.4 Å². The lowest BCUT2D eigenvalue weighted by atomic mass is 9.91. The van der Waals surface area contributed by atoms with E-state index in [9.17, 15) is 19.2 Å². The zero-order chi connectivity index (χ0) is 41.3. The van der Waals surface area contributed by atoms with Crippen molar-refractivity contribution in [1.82, 2.24) is 28.8 Å². The number of aryl methyl sites for hydroxylation is 2. The number of benzene rings is 3. The van der Waals surface area contributed by atoms with Gasteiger partial charge in [-0.1, -0.05) is 30.3 Å². The number of carbonyl (C=O) groups excluding carboxylic acids is 2. The van der Waals surface area contributed by atoms with Crippen molar-refractivity contribution in [2.45, 2.75) is 76.0 Å². The first kappa shape index (κ1) is 38.9. The van der Waals surface area contributed by atoms with Crippen molar-refractivity contribution in [3.63, 3.8) is 0 Å². The fourth-order valence-corrected chi connectivity index (χ4v) is 10.1. The van der Waals surface area contributed by atoms with Crippen LogP contribution < -0.4 is 26.0 Å². The fraction of sp³-hybridized carbons (Fsp3) is 0.422. The summed E-state index contributed by atoms with van der Waals surface area (Å²) in [6.45, 7) is 1.21. The SMILES string of the molecule is COc1cc(-c2cn(C)c(=O)c3c2CCC3)cc(OC)c1CN1CC[C@@H](N2CCc3cc(-c4cccc5c4n(C)c(=O)n5[C@H]4CCC(=O)NC4=O)ccc3C2)C(F)(F)C1. The average Bonchev–Trinajstić information content (AvgIpc) is 3.81. The first-order chi connectivity index (χ1) is 28.4. The predicted molar refractivity (Wildman–Crippen MR) is 219 cm³/mol. The summed E-state index contributed by atoms with van der Waals surface area (Å²) in [5.41, 5.74) is 9.24. The number of likely N-dealkylation sites (tertiary alicyclic amines) is 1. The molecule has 4 aliphatic rings. The lowest BCUT2D eigenvalue weighted by Gasteiger charge is -2.45. The first-order valence-corrected chi connectivity index (χ1v) is 20.3. The maximum atomic E-state index is 16.3. The zero-order valence-corrected chi connectivity index (χ0v) is 33.8. The first-order valence-electron chi connectivity index (χ1n) is 20.3. The van der Waals surface area contributed by atoms with Crippen molar-refractivity contribution >= 4 is 22.8 Å². The molecule has 1 N–H and O–H groups in total. The van der Waals surface area contributed by atoms with Crippen LogP contribution in [0.2, 0.25) is 0 Å². The number of carbonyl (C=O) groups is 2. The monoisotopic (exact) mass is 806 g/mol. The maximum Gasteiger partial charge on any atom is 0.329 e. The number of amides is 2. The Morgan fingerprint density at radius 1 is 0.831 bits per heavy atom. The van der Waals surface area contributed by atoms with E-state index >= 15 is 8.78 Å². The van der Waals surface area contributed by atoms with Crippen molar-refractivity contribution < 1.29 is 27.8 Å². The minimum absolute atomic E-state index is 0.0329. The minimum atomic E-state index is -2.97. The van der Waals surface area contributed by atoms with Crippen molar-refractivity contribution in [2.24, 2.45) is 14.1 Å². The normalized spacial score (nSPS) is 20.7. The number of nitrogens with zero attached hydrogens (tertiary/aromatic N) is 5. The van der Waals surface area contributed by atoms with Gasteiger partial charge in [0.15, 0.2) is 0 Å². The summed E-state index contributed by atoms with van der Waals surface area (Å²) in [5.74, 6) is -2.68. The Bertz CT molecular complexity index is 2640. The number of imide groups is 1. The van der Waals surface area contributed by atoms with Gasteiger partial charge in [0.2, 0.25) is 11.8 Å². The van der Waals surface area contributed by atoms with E-state index < -0.39 is 30.5 Å². The van der Waals surface area contributed by atoms with Crippen LogP contribution in [0.3, 0.4) is 0 Å². The molecule has 0 saturated carbocycles. The molecule has 3 aliphatic heterocycles. The summed E-state index contributed by atoms with van der Waals surface area (Å²) in [4.78, 5) is 54.6. The molecule has 12 nitrogen and oxygen atoms in total. The van der Waals surface area contributed by atoms with E-state index in [1.807, 2.05) is 53.6 Å². The van der Waals surface area contributed by atoms with Gasteiger partial charge < -0.3 is 14.0 Å². The molecule has 2 aromatic heterocycles. The molecule has 5 aromatic rings. The highest BCUT2D eigenvalue weighted by atomic mass is 19.3. The Morgan fingerprint density at radius 2 is 1.59 bits per heavy atom. The quantitative estimate of drug-likeness (QED) is 0.215. The Balaban J connectivity index is 0.919. The van der Waals surface area contributed by atoms with Crippen LogP contribution in [-0.4, -0.2) is 81.1 Å².